The Morgan fingerprint density at radius 3 is 2.62 bits per heavy atom. The third-order valence-corrected chi connectivity index (χ3v) is 4.72. The highest BCUT2D eigenvalue weighted by Crippen LogP contribution is 2.23. The van der Waals surface area contributed by atoms with Crippen molar-refractivity contribution < 1.29 is 4.74 Å². The summed E-state index contributed by atoms with van der Waals surface area (Å²) in [4.78, 5) is 13.8. The van der Waals surface area contributed by atoms with Gasteiger partial charge in [-0.2, -0.15) is 0 Å². The summed E-state index contributed by atoms with van der Waals surface area (Å²) in [5, 5.41) is 0. The van der Waals surface area contributed by atoms with E-state index in [-0.39, 0.29) is 0 Å². The molecule has 1 saturated heterocycles. The molecule has 0 atom stereocenters. The van der Waals surface area contributed by atoms with Crippen LogP contribution in [0.4, 0.5) is 5.95 Å². The number of rotatable bonds is 5. The van der Waals surface area contributed by atoms with Crippen LogP contribution in [-0.4, -0.2) is 52.7 Å². The molecule has 4 rings (SSSR count). The lowest BCUT2D eigenvalue weighted by atomic mass is 10.2. The van der Waals surface area contributed by atoms with Gasteiger partial charge in [-0.1, -0.05) is 12.1 Å². The first kappa shape index (κ1) is 16.6. The number of benzene rings is 1. The lowest BCUT2D eigenvalue weighted by Crippen LogP contribution is -2.46. The van der Waals surface area contributed by atoms with Crippen LogP contribution in [0.1, 0.15) is 5.69 Å². The van der Waals surface area contributed by atoms with E-state index in [2.05, 4.69) is 36.5 Å². The van der Waals surface area contributed by atoms with Crippen LogP contribution in [0.25, 0.3) is 5.69 Å². The summed E-state index contributed by atoms with van der Waals surface area (Å²) in [6, 6.07) is 14.2. The van der Waals surface area contributed by atoms with Gasteiger partial charge in [-0.15, -0.1) is 0 Å². The Bertz CT molecular complexity index is 840. The van der Waals surface area contributed by atoms with Gasteiger partial charge in [-0.25, -0.2) is 4.98 Å². The quantitative estimate of drug-likeness (QED) is 0.709. The van der Waals surface area contributed by atoms with E-state index >= 15 is 0 Å². The molecule has 2 aromatic heterocycles. The van der Waals surface area contributed by atoms with Crippen LogP contribution in [0.3, 0.4) is 0 Å². The van der Waals surface area contributed by atoms with E-state index in [0.717, 1.165) is 55.8 Å². The Labute approximate surface area is 153 Å². The van der Waals surface area contributed by atoms with Crippen molar-refractivity contribution in [3.63, 3.8) is 0 Å². The van der Waals surface area contributed by atoms with E-state index < -0.39 is 0 Å². The van der Waals surface area contributed by atoms with Crippen LogP contribution >= 0.6 is 0 Å². The normalized spacial score (nSPS) is 15.2. The lowest BCUT2D eigenvalue weighted by molar-refractivity contribution is 0.246. The monoisotopic (exact) mass is 349 g/mol. The Kier molecular flexibility index (Phi) is 4.84. The molecular formula is C20H23N5O. The number of pyridine rings is 1. The van der Waals surface area contributed by atoms with Crippen molar-refractivity contribution in [2.45, 2.75) is 6.54 Å². The molecule has 0 bridgehead atoms. The van der Waals surface area contributed by atoms with Crippen molar-refractivity contribution in [2.75, 3.05) is 38.2 Å². The maximum absolute atomic E-state index is 5.35. The van der Waals surface area contributed by atoms with Crippen LogP contribution in [0.15, 0.2) is 61.1 Å². The minimum Gasteiger partial charge on any atom is -0.497 e. The maximum atomic E-state index is 5.35. The fourth-order valence-electron chi connectivity index (χ4n) is 3.32. The van der Waals surface area contributed by atoms with Gasteiger partial charge < -0.3 is 9.64 Å². The second-order valence-electron chi connectivity index (χ2n) is 6.38. The zero-order chi connectivity index (χ0) is 17.8. The van der Waals surface area contributed by atoms with E-state index in [1.54, 1.807) is 7.11 Å². The van der Waals surface area contributed by atoms with Crippen LogP contribution in [0.2, 0.25) is 0 Å². The summed E-state index contributed by atoms with van der Waals surface area (Å²) in [5.74, 6) is 1.83. The van der Waals surface area contributed by atoms with E-state index in [0.29, 0.717) is 0 Å². The van der Waals surface area contributed by atoms with Gasteiger partial charge in [0.25, 0.3) is 0 Å². The fourth-order valence-corrected chi connectivity index (χ4v) is 3.32. The number of nitrogens with zero attached hydrogens (tertiary/aromatic N) is 5. The zero-order valence-electron chi connectivity index (χ0n) is 15.0. The first-order valence-corrected chi connectivity index (χ1v) is 8.88. The molecule has 0 spiro atoms. The molecule has 6 nitrogen and oxygen atoms in total. The average Bonchev–Trinajstić information content (AvgIpc) is 3.19. The maximum Gasteiger partial charge on any atom is 0.210 e. The predicted octanol–water partition coefficient (Wildman–Crippen LogP) is 2.60. The molecule has 1 aliphatic heterocycles. The van der Waals surface area contributed by atoms with E-state index in [9.17, 15) is 0 Å². The van der Waals surface area contributed by atoms with Gasteiger partial charge >= 0.3 is 0 Å². The highest BCUT2D eigenvalue weighted by atomic mass is 16.5. The summed E-state index contributed by atoms with van der Waals surface area (Å²) >= 11 is 0. The summed E-state index contributed by atoms with van der Waals surface area (Å²) in [6.07, 6.45) is 5.72. The molecule has 0 aliphatic carbocycles. The van der Waals surface area contributed by atoms with Crippen LogP contribution in [0.5, 0.6) is 5.75 Å². The van der Waals surface area contributed by atoms with Crippen molar-refractivity contribution in [1.82, 2.24) is 19.4 Å². The second-order valence-corrected chi connectivity index (χ2v) is 6.38. The third-order valence-electron chi connectivity index (χ3n) is 4.72. The molecule has 134 valence electrons. The van der Waals surface area contributed by atoms with E-state index in [4.69, 9.17) is 4.74 Å². The molecule has 0 radical (unpaired) electrons. The summed E-state index contributed by atoms with van der Waals surface area (Å²) < 4.78 is 7.47. The van der Waals surface area contributed by atoms with Crippen molar-refractivity contribution in [3.05, 3.63) is 66.7 Å². The van der Waals surface area contributed by atoms with Crippen LogP contribution < -0.4 is 9.64 Å². The number of ether oxygens (including phenoxy) is 1. The molecule has 1 aliphatic rings. The topological polar surface area (TPSA) is 46.4 Å². The minimum atomic E-state index is 0.849. The number of anilines is 1. The largest absolute Gasteiger partial charge is 0.497 e. The Balaban J connectivity index is 1.44. The zero-order valence-corrected chi connectivity index (χ0v) is 15.0. The number of hydrogen-bond acceptors (Lipinski definition) is 5. The lowest BCUT2D eigenvalue weighted by Gasteiger charge is -2.35. The van der Waals surface area contributed by atoms with Gasteiger partial charge in [-0.05, 0) is 24.3 Å². The van der Waals surface area contributed by atoms with E-state index in [1.807, 2.05) is 48.9 Å². The predicted molar refractivity (Wildman–Crippen MR) is 102 cm³/mol. The number of hydrogen-bond donors (Lipinski definition) is 0. The average molecular weight is 349 g/mol. The Morgan fingerprint density at radius 2 is 1.85 bits per heavy atom. The van der Waals surface area contributed by atoms with Crippen molar-refractivity contribution in [3.8, 4) is 11.4 Å². The Morgan fingerprint density at radius 1 is 0.962 bits per heavy atom. The molecule has 6 heteroatoms. The van der Waals surface area contributed by atoms with Crippen molar-refractivity contribution >= 4 is 5.95 Å². The van der Waals surface area contributed by atoms with Crippen LogP contribution in [-0.2, 0) is 6.54 Å². The molecule has 3 aromatic rings. The molecule has 26 heavy (non-hydrogen) atoms. The Hall–Kier alpha value is -2.86. The van der Waals surface area contributed by atoms with Crippen molar-refractivity contribution in [2.24, 2.45) is 0 Å². The molecule has 0 saturated carbocycles. The fraction of sp³-hybridized carbons (Fsp3) is 0.300. The van der Waals surface area contributed by atoms with Gasteiger partial charge in [0.1, 0.15) is 5.75 Å². The summed E-state index contributed by atoms with van der Waals surface area (Å²) in [6.45, 7) is 4.81. The highest BCUT2D eigenvalue weighted by Gasteiger charge is 2.21. The molecule has 1 aromatic carbocycles. The standard InChI is InChI=1S/C20H23N5O/c1-26-19-7-4-6-18(15-19)25-10-9-22-20(25)24-13-11-23(12-14-24)16-17-5-2-3-8-21-17/h2-10,15H,11-14,16H2,1H3. The van der Waals surface area contributed by atoms with Gasteiger partial charge in [0.05, 0.1) is 18.5 Å². The van der Waals surface area contributed by atoms with Gasteiger partial charge in [-0.3, -0.25) is 14.5 Å². The molecular weight excluding hydrogens is 326 g/mol. The molecule has 3 heterocycles. The second kappa shape index (κ2) is 7.58. The summed E-state index contributed by atoms with van der Waals surface area (Å²) in [7, 11) is 1.69. The smallest absolute Gasteiger partial charge is 0.210 e. The number of aromatic nitrogens is 3. The number of piperazine rings is 1. The van der Waals surface area contributed by atoms with Gasteiger partial charge in [0.2, 0.25) is 5.95 Å². The van der Waals surface area contributed by atoms with Gasteiger partial charge in [0, 0.05) is 57.4 Å². The molecule has 0 amide bonds. The highest BCUT2D eigenvalue weighted by molar-refractivity contribution is 5.47. The minimum absolute atomic E-state index is 0.849. The first-order valence-electron chi connectivity index (χ1n) is 8.88. The molecule has 0 unspecified atom stereocenters. The molecule has 1 fully saturated rings. The number of imidazole rings is 1. The third kappa shape index (κ3) is 3.55. The molecule has 0 N–H and O–H groups in total. The van der Waals surface area contributed by atoms with Gasteiger partial charge in [0.15, 0.2) is 0 Å². The number of methoxy groups -OCH3 is 1. The first-order chi connectivity index (χ1) is 12.8. The van der Waals surface area contributed by atoms with Crippen molar-refractivity contribution in [1.29, 1.82) is 0 Å². The summed E-state index contributed by atoms with van der Waals surface area (Å²) in [5.41, 5.74) is 2.19. The van der Waals surface area contributed by atoms with Crippen LogP contribution in [0, 0.1) is 0 Å². The SMILES string of the molecule is COc1cccc(-n2ccnc2N2CCN(Cc3ccccn3)CC2)c1. The van der Waals surface area contributed by atoms with E-state index in [1.165, 1.54) is 0 Å².